The molecule has 0 aliphatic heterocycles. The first-order valence-electron chi connectivity index (χ1n) is 14.7. The van der Waals surface area contributed by atoms with Gasteiger partial charge in [0.25, 0.3) is 18.1 Å². The van der Waals surface area contributed by atoms with E-state index in [9.17, 15) is 19.2 Å². The summed E-state index contributed by atoms with van der Waals surface area (Å²) in [6, 6.07) is 26.8. The summed E-state index contributed by atoms with van der Waals surface area (Å²) < 4.78 is 17.0. The molecular formula is C37H38N2O7. The van der Waals surface area contributed by atoms with E-state index in [0.29, 0.717) is 21.9 Å². The number of hydrogen-bond donors (Lipinski definition) is 0. The van der Waals surface area contributed by atoms with Crippen molar-refractivity contribution in [1.82, 2.24) is 10.0 Å². The number of carbonyl (C=O) groups excluding carboxylic acids is 4. The smallest absolute Gasteiger partial charge is 0.439 e. The maximum atomic E-state index is 14.5. The van der Waals surface area contributed by atoms with E-state index in [0.717, 1.165) is 16.1 Å². The van der Waals surface area contributed by atoms with Crippen LogP contribution < -0.4 is 4.74 Å². The molecule has 0 radical (unpaired) electrons. The van der Waals surface area contributed by atoms with Gasteiger partial charge in [0.1, 0.15) is 5.75 Å². The second kappa shape index (κ2) is 14.1. The molecule has 9 nitrogen and oxygen atoms in total. The van der Waals surface area contributed by atoms with Gasteiger partial charge in [-0.3, -0.25) is 9.59 Å². The molecule has 0 aromatic heterocycles. The number of esters is 1. The van der Waals surface area contributed by atoms with Crippen molar-refractivity contribution >= 4 is 23.9 Å². The minimum atomic E-state index is -1.55. The van der Waals surface area contributed by atoms with Crippen LogP contribution in [0.2, 0.25) is 0 Å². The van der Waals surface area contributed by atoms with Gasteiger partial charge in [-0.25, -0.2) is 14.6 Å². The van der Waals surface area contributed by atoms with E-state index in [2.05, 4.69) is 0 Å². The normalized spacial score (nSPS) is 11.6. The quantitative estimate of drug-likeness (QED) is 0.119. The molecule has 0 fully saturated rings. The average Bonchev–Trinajstić information content (AvgIpc) is 3.02. The number of aryl methyl sites for hydroxylation is 2. The molecule has 46 heavy (non-hydrogen) atoms. The largest absolute Gasteiger partial charge is 0.496 e. The number of rotatable bonds is 7. The predicted octanol–water partition coefficient (Wildman–Crippen LogP) is 7.61. The lowest BCUT2D eigenvalue weighted by Crippen LogP contribution is -2.60. The van der Waals surface area contributed by atoms with Crippen LogP contribution in [0.3, 0.4) is 0 Å². The highest BCUT2D eigenvalue weighted by molar-refractivity contribution is 6.07. The Bertz CT molecular complexity index is 1710. The first-order valence-corrected chi connectivity index (χ1v) is 14.7. The molecule has 0 spiro atoms. The minimum Gasteiger partial charge on any atom is -0.496 e. The Labute approximate surface area is 269 Å². The highest BCUT2D eigenvalue weighted by Gasteiger charge is 2.43. The van der Waals surface area contributed by atoms with E-state index in [1.165, 1.54) is 13.2 Å². The number of imide groups is 1. The van der Waals surface area contributed by atoms with E-state index in [-0.39, 0.29) is 16.7 Å². The van der Waals surface area contributed by atoms with Crippen LogP contribution in [0.4, 0.5) is 4.79 Å². The van der Waals surface area contributed by atoms with E-state index in [1.807, 2.05) is 19.9 Å². The maximum absolute atomic E-state index is 14.5. The van der Waals surface area contributed by atoms with Gasteiger partial charge in [-0.1, -0.05) is 71.8 Å². The van der Waals surface area contributed by atoms with Crippen LogP contribution in [-0.4, -0.2) is 46.5 Å². The van der Waals surface area contributed by atoms with Gasteiger partial charge in [0.15, 0.2) is 0 Å². The highest BCUT2D eigenvalue weighted by atomic mass is 16.7. The first kappa shape index (κ1) is 33.5. The van der Waals surface area contributed by atoms with Gasteiger partial charge in [0, 0.05) is 22.3 Å². The van der Waals surface area contributed by atoms with E-state index >= 15 is 0 Å². The fraction of sp³-hybridized carbons (Fsp3) is 0.243. The number of hydrogen-bond acceptors (Lipinski definition) is 7. The molecule has 4 rings (SSSR count). The van der Waals surface area contributed by atoms with E-state index in [4.69, 9.17) is 14.2 Å². The summed E-state index contributed by atoms with van der Waals surface area (Å²) in [7, 11) is 1.47. The molecular weight excluding hydrogens is 584 g/mol. The molecule has 0 saturated heterocycles. The van der Waals surface area contributed by atoms with Crippen LogP contribution in [-0.2, 0) is 9.47 Å². The number of benzene rings is 4. The summed E-state index contributed by atoms with van der Waals surface area (Å²) in [5.74, 6) is -1.78. The Hall–Kier alpha value is -5.44. The van der Waals surface area contributed by atoms with Gasteiger partial charge in [-0.05, 0) is 77.9 Å². The van der Waals surface area contributed by atoms with Crippen LogP contribution in [0.5, 0.6) is 5.75 Å². The van der Waals surface area contributed by atoms with Crippen molar-refractivity contribution in [2.24, 2.45) is 0 Å². The SMILES string of the molecule is COc1cccc(C(=O)N(C(=O)OC(OC(=O)c2ccccc2)c2ccccc2)N(C(=O)c2cc(C)cc(C)c2)C(C)(C)C)c1C. The molecule has 1 atom stereocenters. The molecule has 4 aromatic carbocycles. The predicted molar refractivity (Wildman–Crippen MR) is 173 cm³/mol. The number of methoxy groups -OCH3 is 1. The molecule has 4 aromatic rings. The minimum absolute atomic E-state index is 0.108. The van der Waals surface area contributed by atoms with Gasteiger partial charge in [-0.2, -0.15) is 0 Å². The number of nitrogens with zero attached hydrogens (tertiary/aromatic N) is 2. The van der Waals surface area contributed by atoms with Crippen LogP contribution in [0.25, 0.3) is 0 Å². The topological polar surface area (TPSA) is 102 Å². The molecule has 0 heterocycles. The van der Waals surface area contributed by atoms with Crippen molar-refractivity contribution in [1.29, 1.82) is 0 Å². The summed E-state index contributed by atoms with van der Waals surface area (Å²) in [6.07, 6.45) is -2.78. The zero-order chi connectivity index (χ0) is 33.6. The molecule has 0 bridgehead atoms. The molecule has 1 unspecified atom stereocenters. The molecule has 0 saturated carbocycles. The molecule has 0 aliphatic rings. The van der Waals surface area contributed by atoms with Crippen molar-refractivity contribution < 1.29 is 33.4 Å². The van der Waals surface area contributed by atoms with Gasteiger partial charge in [0.2, 0.25) is 0 Å². The van der Waals surface area contributed by atoms with Crippen LogP contribution in [0.1, 0.15) is 80.4 Å². The lowest BCUT2D eigenvalue weighted by atomic mass is 10.0. The molecule has 3 amide bonds. The van der Waals surface area contributed by atoms with Gasteiger partial charge in [-0.15, -0.1) is 5.01 Å². The van der Waals surface area contributed by atoms with Gasteiger partial charge < -0.3 is 14.2 Å². The first-order chi connectivity index (χ1) is 21.8. The van der Waals surface area contributed by atoms with Crippen LogP contribution in [0, 0.1) is 20.8 Å². The summed E-state index contributed by atoms with van der Waals surface area (Å²) >= 11 is 0. The Morgan fingerprint density at radius 1 is 0.674 bits per heavy atom. The van der Waals surface area contributed by atoms with E-state index in [1.54, 1.807) is 113 Å². The third kappa shape index (κ3) is 7.61. The lowest BCUT2D eigenvalue weighted by molar-refractivity contribution is -0.102. The average molecular weight is 623 g/mol. The Kier molecular flexibility index (Phi) is 10.3. The molecule has 0 N–H and O–H groups in total. The Morgan fingerprint density at radius 2 is 1.26 bits per heavy atom. The van der Waals surface area contributed by atoms with Crippen molar-refractivity contribution in [3.63, 3.8) is 0 Å². The number of carbonyl (C=O) groups is 4. The summed E-state index contributed by atoms with van der Waals surface area (Å²) in [6.45, 7) is 10.5. The monoisotopic (exact) mass is 622 g/mol. The Morgan fingerprint density at radius 3 is 1.83 bits per heavy atom. The van der Waals surface area contributed by atoms with Crippen molar-refractivity contribution in [3.8, 4) is 5.75 Å². The van der Waals surface area contributed by atoms with Crippen molar-refractivity contribution in [3.05, 3.63) is 136 Å². The summed E-state index contributed by atoms with van der Waals surface area (Å²) in [5, 5.41) is 1.75. The molecule has 238 valence electrons. The molecule has 9 heteroatoms. The third-order valence-corrected chi connectivity index (χ3v) is 7.10. The number of amides is 3. The fourth-order valence-electron chi connectivity index (χ4n) is 5.00. The second-order valence-corrected chi connectivity index (χ2v) is 11.8. The fourth-order valence-corrected chi connectivity index (χ4v) is 5.00. The van der Waals surface area contributed by atoms with E-state index < -0.39 is 35.7 Å². The van der Waals surface area contributed by atoms with Crippen LogP contribution >= 0.6 is 0 Å². The number of hydrazine groups is 1. The van der Waals surface area contributed by atoms with Crippen molar-refractivity contribution in [2.75, 3.05) is 7.11 Å². The second-order valence-electron chi connectivity index (χ2n) is 11.8. The third-order valence-electron chi connectivity index (χ3n) is 7.10. The van der Waals surface area contributed by atoms with Crippen LogP contribution in [0.15, 0.2) is 97.1 Å². The Balaban J connectivity index is 1.84. The molecule has 0 aliphatic carbocycles. The van der Waals surface area contributed by atoms with Gasteiger partial charge in [0.05, 0.1) is 18.2 Å². The van der Waals surface area contributed by atoms with Crippen molar-refractivity contribution in [2.45, 2.75) is 53.4 Å². The summed E-state index contributed by atoms with van der Waals surface area (Å²) in [5.41, 5.74) is 1.96. The zero-order valence-corrected chi connectivity index (χ0v) is 27.1. The van der Waals surface area contributed by atoms with Gasteiger partial charge >= 0.3 is 12.1 Å². The lowest BCUT2D eigenvalue weighted by Gasteiger charge is -2.42. The zero-order valence-electron chi connectivity index (χ0n) is 27.1. The summed E-state index contributed by atoms with van der Waals surface area (Å²) in [4.78, 5) is 56.3. The highest BCUT2D eigenvalue weighted by Crippen LogP contribution is 2.30. The standard InChI is InChI=1S/C37H38N2O7/c1-24-21-25(2)23-29(22-24)32(40)39(37(4,5)6)38(33(41)30-19-14-20-31(44-7)26(30)3)36(43)46-35(28-17-12-9-13-18-28)45-34(42)27-15-10-8-11-16-27/h8-23,35H,1-7H3. The maximum Gasteiger partial charge on any atom is 0.439 e. The number of ether oxygens (including phenoxy) is 3.